The van der Waals surface area contributed by atoms with Crippen LogP contribution in [0.3, 0.4) is 0 Å². The van der Waals surface area contributed by atoms with Crippen molar-refractivity contribution in [1.29, 1.82) is 0 Å². The second kappa shape index (κ2) is 10.4. The number of carbonyl (C=O) groups is 3. The van der Waals surface area contributed by atoms with E-state index in [9.17, 15) is 14.4 Å². The number of nitrogens with zero attached hydrogens (tertiary/aromatic N) is 1. The molecule has 4 amide bonds. The van der Waals surface area contributed by atoms with E-state index in [2.05, 4.69) is 16.0 Å². The number of rotatable bonds is 6. The SMILES string of the molecule is COc1cc(NC(=O)C2CCC(N3Cc4c(C)ccc(CNC(C)=O)c4NC3=O)CC2)ccc1C. The van der Waals surface area contributed by atoms with E-state index in [0.717, 1.165) is 65.1 Å². The fraction of sp³-hybridized carbons (Fsp3) is 0.444. The van der Waals surface area contributed by atoms with Crippen LogP contribution >= 0.6 is 0 Å². The van der Waals surface area contributed by atoms with E-state index >= 15 is 0 Å². The van der Waals surface area contributed by atoms with Crippen molar-refractivity contribution in [2.24, 2.45) is 5.92 Å². The summed E-state index contributed by atoms with van der Waals surface area (Å²) in [5.74, 6) is 0.578. The van der Waals surface area contributed by atoms with E-state index < -0.39 is 0 Å². The standard InChI is InChI=1S/C27H34N4O4/c1-16-5-7-20(14-28-18(3)32)25-23(16)15-31(27(34)30-25)22-11-8-19(9-12-22)26(33)29-21-10-6-17(2)24(13-21)35-4/h5-7,10,13,19,22H,8-9,11-12,14-15H2,1-4H3,(H,28,32)(H,29,33)(H,30,34). The lowest BCUT2D eigenvalue weighted by Crippen LogP contribution is -2.47. The predicted molar refractivity (Wildman–Crippen MR) is 135 cm³/mol. The molecule has 3 N–H and O–H groups in total. The Bertz CT molecular complexity index is 1140. The van der Waals surface area contributed by atoms with Gasteiger partial charge in [0.05, 0.1) is 19.3 Å². The topological polar surface area (TPSA) is 99.8 Å². The zero-order valence-electron chi connectivity index (χ0n) is 20.9. The van der Waals surface area contributed by atoms with Gasteiger partial charge in [-0.1, -0.05) is 18.2 Å². The van der Waals surface area contributed by atoms with Crippen molar-refractivity contribution in [3.05, 3.63) is 52.6 Å². The molecule has 2 aromatic rings. The number of nitrogens with one attached hydrogen (secondary N) is 3. The molecule has 2 aliphatic rings. The molecule has 0 bridgehead atoms. The number of methoxy groups -OCH3 is 1. The Morgan fingerprint density at radius 1 is 1.09 bits per heavy atom. The van der Waals surface area contributed by atoms with Gasteiger partial charge >= 0.3 is 6.03 Å². The van der Waals surface area contributed by atoms with Crippen LogP contribution in [0.15, 0.2) is 30.3 Å². The highest BCUT2D eigenvalue weighted by Crippen LogP contribution is 2.35. The average molecular weight is 479 g/mol. The summed E-state index contributed by atoms with van der Waals surface area (Å²) in [5, 5.41) is 8.90. The summed E-state index contributed by atoms with van der Waals surface area (Å²) in [4.78, 5) is 39.2. The van der Waals surface area contributed by atoms with Crippen molar-refractivity contribution < 1.29 is 19.1 Å². The first-order chi connectivity index (χ1) is 16.8. The monoisotopic (exact) mass is 478 g/mol. The zero-order valence-corrected chi connectivity index (χ0v) is 20.9. The first-order valence-electron chi connectivity index (χ1n) is 12.2. The largest absolute Gasteiger partial charge is 0.496 e. The molecule has 0 radical (unpaired) electrons. The Kier molecular flexibility index (Phi) is 7.28. The van der Waals surface area contributed by atoms with Crippen LogP contribution < -0.4 is 20.7 Å². The van der Waals surface area contributed by atoms with Crippen LogP contribution in [0.4, 0.5) is 16.2 Å². The minimum atomic E-state index is -0.119. The molecule has 186 valence electrons. The zero-order chi connectivity index (χ0) is 25.1. The van der Waals surface area contributed by atoms with Gasteiger partial charge < -0.3 is 25.6 Å². The van der Waals surface area contributed by atoms with E-state index in [4.69, 9.17) is 4.74 Å². The highest BCUT2D eigenvalue weighted by molar-refractivity contribution is 5.94. The Morgan fingerprint density at radius 2 is 1.80 bits per heavy atom. The van der Waals surface area contributed by atoms with Crippen LogP contribution in [0.1, 0.15) is 54.9 Å². The fourth-order valence-electron chi connectivity index (χ4n) is 5.03. The molecule has 0 atom stereocenters. The van der Waals surface area contributed by atoms with Gasteiger partial charge in [-0.05, 0) is 67.9 Å². The van der Waals surface area contributed by atoms with Crippen molar-refractivity contribution in [3.63, 3.8) is 0 Å². The van der Waals surface area contributed by atoms with Gasteiger partial charge in [-0.2, -0.15) is 0 Å². The van der Waals surface area contributed by atoms with Crippen molar-refractivity contribution >= 4 is 29.2 Å². The first kappa shape index (κ1) is 24.6. The van der Waals surface area contributed by atoms with Crippen molar-refractivity contribution in [1.82, 2.24) is 10.2 Å². The van der Waals surface area contributed by atoms with Crippen LogP contribution in [-0.4, -0.2) is 35.9 Å². The summed E-state index contributed by atoms with van der Waals surface area (Å²) in [5.41, 5.74) is 5.66. The summed E-state index contributed by atoms with van der Waals surface area (Å²) in [6.45, 7) is 6.40. The number of hydrogen-bond acceptors (Lipinski definition) is 4. The molecule has 0 aromatic heterocycles. The second-order valence-electron chi connectivity index (χ2n) is 9.54. The lowest BCUT2D eigenvalue weighted by Gasteiger charge is -2.40. The van der Waals surface area contributed by atoms with E-state index in [-0.39, 0.29) is 29.8 Å². The van der Waals surface area contributed by atoms with Gasteiger partial charge in [0, 0.05) is 37.2 Å². The first-order valence-corrected chi connectivity index (χ1v) is 12.2. The third-order valence-corrected chi connectivity index (χ3v) is 7.17. The van der Waals surface area contributed by atoms with Gasteiger partial charge in [0.2, 0.25) is 11.8 Å². The average Bonchev–Trinajstić information content (AvgIpc) is 2.84. The summed E-state index contributed by atoms with van der Waals surface area (Å²) in [6.07, 6.45) is 3.03. The van der Waals surface area contributed by atoms with Gasteiger partial charge in [0.15, 0.2) is 0 Å². The van der Waals surface area contributed by atoms with Crippen LogP contribution in [0, 0.1) is 19.8 Å². The molecule has 1 heterocycles. The summed E-state index contributed by atoms with van der Waals surface area (Å²) in [7, 11) is 1.62. The molecule has 35 heavy (non-hydrogen) atoms. The Hall–Kier alpha value is -3.55. The van der Waals surface area contributed by atoms with Gasteiger partial charge in [0.1, 0.15) is 5.75 Å². The van der Waals surface area contributed by atoms with Crippen LogP contribution in [0.25, 0.3) is 0 Å². The minimum Gasteiger partial charge on any atom is -0.496 e. The maximum Gasteiger partial charge on any atom is 0.322 e. The lowest BCUT2D eigenvalue weighted by atomic mass is 9.84. The molecule has 1 saturated carbocycles. The molecule has 1 aliphatic heterocycles. The van der Waals surface area contributed by atoms with Gasteiger partial charge in [0.25, 0.3) is 0 Å². The summed E-state index contributed by atoms with van der Waals surface area (Å²) < 4.78 is 5.36. The lowest BCUT2D eigenvalue weighted by molar-refractivity contribution is -0.121. The molecule has 8 nitrogen and oxygen atoms in total. The molecule has 4 rings (SSSR count). The normalized spacial score (nSPS) is 19.4. The number of fused-ring (bicyclic) bond motifs is 1. The minimum absolute atomic E-state index is 0.0151. The van der Waals surface area contributed by atoms with Crippen LogP contribution in [0.5, 0.6) is 5.75 Å². The quantitative estimate of drug-likeness (QED) is 0.569. The number of urea groups is 1. The van der Waals surface area contributed by atoms with Crippen molar-refractivity contribution in [2.75, 3.05) is 17.7 Å². The van der Waals surface area contributed by atoms with Crippen molar-refractivity contribution in [2.45, 2.75) is 65.6 Å². The van der Waals surface area contributed by atoms with E-state index in [1.54, 1.807) is 7.11 Å². The predicted octanol–water partition coefficient (Wildman–Crippen LogP) is 4.49. The molecular weight excluding hydrogens is 444 g/mol. The second-order valence-corrected chi connectivity index (χ2v) is 9.54. The highest BCUT2D eigenvalue weighted by Gasteiger charge is 2.35. The van der Waals surface area contributed by atoms with Crippen LogP contribution in [0.2, 0.25) is 0 Å². The number of aryl methyl sites for hydroxylation is 2. The van der Waals surface area contributed by atoms with Gasteiger partial charge in [-0.15, -0.1) is 0 Å². The maximum atomic E-state index is 13.0. The molecule has 2 aromatic carbocycles. The molecular formula is C27H34N4O4. The molecule has 0 saturated heterocycles. The highest BCUT2D eigenvalue weighted by atomic mass is 16.5. The number of benzene rings is 2. The Morgan fingerprint density at radius 3 is 2.49 bits per heavy atom. The third-order valence-electron chi connectivity index (χ3n) is 7.17. The van der Waals surface area contributed by atoms with Gasteiger partial charge in [-0.25, -0.2) is 4.79 Å². The van der Waals surface area contributed by atoms with E-state index in [0.29, 0.717) is 13.1 Å². The summed E-state index contributed by atoms with van der Waals surface area (Å²) >= 11 is 0. The number of carbonyl (C=O) groups excluding carboxylic acids is 3. The fourth-order valence-corrected chi connectivity index (χ4v) is 5.03. The Labute approximate surface area is 206 Å². The number of anilines is 2. The third kappa shape index (κ3) is 5.42. The molecule has 0 unspecified atom stereocenters. The number of amides is 4. The Balaban J connectivity index is 1.38. The maximum absolute atomic E-state index is 13.0. The smallest absolute Gasteiger partial charge is 0.322 e. The van der Waals surface area contributed by atoms with E-state index in [1.807, 2.05) is 49.1 Å². The van der Waals surface area contributed by atoms with E-state index in [1.165, 1.54) is 6.92 Å². The molecule has 8 heteroatoms. The number of hydrogen-bond donors (Lipinski definition) is 3. The molecule has 1 aliphatic carbocycles. The van der Waals surface area contributed by atoms with Gasteiger partial charge in [-0.3, -0.25) is 9.59 Å². The molecule has 1 fully saturated rings. The summed E-state index contributed by atoms with van der Waals surface area (Å²) in [6, 6.07) is 9.62. The number of ether oxygens (including phenoxy) is 1. The van der Waals surface area contributed by atoms with Crippen LogP contribution in [-0.2, 0) is 22.7 Å². The van der Waals surface area contributed by atoms with Crippen molar-refractivity contribution in [3.8, 4) is 5.75 Å². The molecule has 0 spiro atoms.